The number of nitrogens with zero attached hydrogens (tertiary/aromatic N) is 3. The summed E-state index contributed by atoms with van der Waals surface area (Å²) in [6.07, 6.45) is 1.67. The largest absolute Gasteiger partial charge is 0.457 e. The average Bonchev–Trinajstić information content (AvgIpc) is 3.30. The van der Waals surface area contributed by atoms with Gasteiger partial charge < -0.3 is 9.64 Å². The van der Waals surface area contributed by atoms with Crippen LogP contribution in [0.2, 0.25) is 0 Å². The maximum atomic E-state index is 11.1. The smallest absolute Gasteiger partial charge is 0.439 e. The van der Waals surface area contributed by atoms with Gasteiger partial charge in [-0.3, -0.25) is 18.6 Å². The van der Waals surface area contributed by atoms with E-state index in [0.29, 0.717) is 27.8 Å². The predicted octanol–water partition coefficient (Wildman–Crippen LogP) is 3.86. The van der Waals surface area contributed by atoms with Crippen molar-refractivity contribution in [2.24, 2.45) is 4.40 Å². The molecule has 2 aromatic carbocycles. The molecule has 144 valence electrons. The Hall–Kier alpha value is -3.08. The van der Waals surface area contributed by atoms with Gasteiger partial charge >= 0.3 is 5.76 Å². The molecule has 3 heterocycles. The van der Waals surface area contributed by atoms with Crippen LogP contribution in [0.5, 0.6) is 11.5 Å². The maximum Gasteiger partial charge on any atom is 0.439 e. The van der Waals surface area contributed by atoms with Crippen molar-refractivity contribution in [3.63, 3.8) is 0 Å². The van der Waals surface area contributed by atoms with E-state index in [0.717, 1.165) is 30.9 Å². The fourth-order valence-electron chi connectivity index (χ4n) is 3.41. The molecule has 10 heteroatoms. The van der Waals surface area contributed by atoms with E-state index in [2.05, 4.69) is 19.1 Å². The summed E-state index contributed by atoms with van der Waals surface area (Å²) in [5, 5.41) is 3.66. The first-order valence-corrected chi connectivity index (χ1v) is 10.1. The molecule has 3 aromatic rings. The Morgan fingerprint density at radius 2 is 2.04 bits per heavy atom. The number of H-pyrrole nitrogens is 1. The molecule has 28 heavy (non-hydrogen) atoms. The highest BCUT2D eigenvalue weighted by atomic mass is 32.3. The number of nitrogens with one attached hydrogen (secondary N) is 1. The number of anilines is 1. The summed E-state index contributed by atoms with van der Waals surface area (Å²) in [7, 11) is -3.26. The van der Waals surface area contributed by atoms with Gasteiger partial charge in [0, 0.05) is 24.6 Å². The van der Waals surface area contributed by atoms with Gasteiger partial charge in [-0.25, -0.2) is 4.79 Å². The van der Waals surface area contributed by atoms with Crippen molar-refractivity contribution in [1.82, 2.24) is 10.1 Å². The van der Waals surface area contributed by atoms with Crippen LogP contribution in [0.1, 0.15) is 12.8 Å². The second-order valence-electron chi connectivity index (χ2n) is 6.48. The summed E-state index contributed by atoms with van der Waals surface area (Å²) in [4.78, 5) is 16.0. The molecule has 0 amide bonds. The number of aromatic amines is 1. The molecule has 0 radical (unpaired) electrons. The van der Waals surface area contributed by atoms with Crippen LogP contribution in [0.15, 0.2) is 61.1 Å². The molecule has 0 spiro atoms. The predicted molar refractivity (Wildman–Crippen MR) is 104 cm³/mol. The van der Waals surface area contributed by atoms with Crippen LogP contribution in [-0.4, -0.2) is 31.6 Å². The van der Waals surface area contributed by atoms with E-state index >= 15 is 0 Å². The summed E-state index contributed by atoms with van der Waals surface area (Å²) >= 11 is 0. The van der Waals surface area contributed by atoms with Gasteiger partial charge in [0.25, 0.3) is 0 Å². The average molecular weight is 400 g/mol. The van der Waals surface area contributed by atoms with E-state index in [1.165, 1.54) is 0 Å². The van der Waals surface area contributed by atoms with E-state index in [1.807, 2.05) is 11.0 Å². The summed E-state index contributed by atoms with van der Waals surface area (Å²) in [6, 6.07) is 12.2. The van der Waals surface area contributed by atoms with Crippen molar-refractivity contribution >= 4 is 22.3 Å². The number of fused-ring (bicyclic) bond motifs is 3. The highest BCUT2D eigenvalue weighted by Gasteiger charge is 2.34. The van der Waals surface area contributed by atoms with Gasteiger partial charge in [-0.2, -0.15) is 0 Å². The molecule has 0 aliphatic carbocycles. The Morgan fingerprint density at radius 3 is 2.86 bits per heavy atom. The lowest BCUT2D eigenvalue weighted by Crippen LogP contribution is -2.29. The molecule has 9 nitrogen and oxygen atoms in total. The highest BCUT2D eigenvalue weighted by molar-refractivity contribution is 8.23. The number of aromatic nitrogens is 2. The van der Waals surface area contributed by atoms with Gasteiger partial charge in [-0.1, -0.05) is 28.1 Å². The number of rotatable bonds is 3. The highest BCUT2D eigenvalue weighted by Crippen LogP contribution is 2.58. The van der Waals surface area contributed by atoms with Crippen molar-refractivity contribution in [2.75, 3.05) is 11.4 Å². The van der Waals surface area contributed by atoms with Gasteiger partial charge in [-0.05, 0) is 30.7 Å². The number of hydrogen-bond acceptors (Lipinski definition) is 8. The number of benzene rings is 2. The molecule has 2 aliphatic heterocycles. The van der Waals surface area contributed by atoms with E-state index < -0.39 is 16.5 Å². The van der Waals surface area contributed by atoms with Crippen LogP contribution in [0, 0.1) is 0 Å². The molecule has 0 unspecified atom stereocenters. The van der Waals surface area contributed by atoms with E-state index in [1.54, 1.807) is 36.4 Å². The summed E-state index contributed by atoms with van der Waals surface area (Å²) < 4.78 is 35.5. The fourth-order valence-corrected chi connectivity index (χ4v) is 4.72. The first-order valence-electron chi connectivity index (χ1n) is 8.62. The van der Waals surface area contributed by atoms with Crippen LogP contribution < -0.4 is 15.4 Å². The maximum absolute atomic E-state index is 11.1. The van der Waals surface area contributed by atoms with Crippen molar-refractivity contribution in [3.8, 4) is 22.9 Å². The third kappa shape index (κ3) is 2.87. The molecule has 0 atom stereocenters. The van der Waals surface area contributed by atoms with Gasteiger partial charge in [0.1, 0.15) is 22.2 Å². The first-order chi connectivity index (χ1) is 13.5. The minimum Gasteiger partial charge on any atom is -0.457 e. The molecule has 1 saturated heterocycles. The third-order valence-corrected chi connectivity index (χ3v) is 6.01. The quantitative estimate of drug-likeness (QED) is 0.610. The minimum atomic E-state index is -3.26. The van der Waals surface area contributed by atoms with Crippen LogP contribution in [-0.2, 0) is 0 Å². The standard InChI is InChI=1S/C18H16N4O5S/c23-18-19-17(20-27-18)11-3-1-4-12(9-11)26-13-6-7-14-15(10-13)28(24,25)21-16-5-2-8-22(14)16/h1,3-4,6-7,9-10,24-25H,2,5,8H2,(H,19,20,23). The second kappa shape index (κ2) is 6.23. The normalized spacial score (nSPS) is 18.2. The molecule has 2 aliphatic rings. The van der Waals surface area contributed by atoms with Crippen LogP contribution in [0.4, 0.5) is 5.69 Å². The van der Waals surface area contributed by atoms with Gasteiger partial charge in [0.15, 0.2) is 5.82 Å². The number of hydrogen-bond donors (Lipinski definition) is 3. The lowest BCUT2D eigenvalue weighted by Gasteiger charge is -2.37. The molecule has 0 saturated carbocycles. The lowest BCUT2D eigenvalue weighted by molar-refractivity contribution is 0.388. The Bertz CT molecular complexity index is 1150. The SMILES string of the molecule is O=c1[nH]c(-c2cccc(Oc3ccc4c(c3)S(O)(O)N=C3CCCN34)c2)no1. The second-order valence-corrected chi connectivity index (χ2v) is 8.14. The van der Waals surface area contributed by atoms with Gasteiger partial charge in [-0.15, -0.1) is 4.40 Å². The molecule has 5 rings (SSSR count). The Morgan fingerprint density at radius 1 is 1.18 bits per heavy atom. The molecule has 3 N–H and O–H groups in total. The first kappa shape index (κ1) is 17.0. The van der Waals surface area contributed by atoms with Crippen molar-refractivity contribution in [2.45, 2.75) is 17.7 Å². The Labute approximate surface area is 160 Å². The fraction of sp³-hybridized carbons (Fsp3) is 0.167. The Balaban J connectivity index is 1.47. The number of ether oxygens (including phenoxy) is 1. The summed E-state index contributed by atoms with van der Waals surface area (Å²) in [5.74, 6) is 1.32. The zero-order chi connectivity index (χ0) is 19.3. The van der Waals surface area contributed by atoms with Gasteiger partial charge in [0.2, 0.25) is 0 Å². The van der Waals surface area contributed by atoms with Crippen LogP contribution in [0.25, 0.3) is 11.4 Å². The summed E-state index contributed by atoms with van der Waals surface area (Å²) in [6.45, 7) is 0.805. The van der Waals surface area contributed by atoms with E-state index in [4.69, 9.17) is 4.74 Å². The molecular formula is C18H16N4O5S. The molecule has 1 fully saturated rings. The monoisotopic (exact) mass is 400 g/mol. The summed E-state index contributed by atoms with van der Waals surface area (Å²) in [5.41, 5.74) is 1.38. The molecule has 0 bridgehead atoms. The van der Waals surface area contributed by atoms with Crippen molar-refractivity contribution in [3.05, 3.63) is 53.0 Å². The van der Waals surface area contributed by atoms with E-state index in [-0.39, 0.29) is 0 Å². The Kier molecular flexibility index (Phi) is 3.79. The lowest BCUT2D eigenvalue weighted by atomic mass is 10.2. The molecule has 1 aromatic heterocycles. The van der Waals surface area contributed by atoms with Crippen molar-refractivity contribution < 1.29 is 18.4 Å². The van der Waals surface area contributed by atoms with Crippen molar-refractivity contribution in [1.29, 1.82) is 0 Å². The topological polar surface area (TPSA) is 124 Å². The third-order valence-electron chi connectivity index (χ3n) is 4.63. The van der Waals surface area contributed by atoms with Crippen LogP contribution >= 0.6 is 10.8 Å². The van der Waals surface area contributed by atoms with E-state index in [9.17, 15) is 13.9 Å². The van der Waals surface area contributed by atoms with Crippen LogP contribution in [0.3, 0.4) is 0 Å². The number of amidine groups is 1. The zero-order valence-electron chi connectivity index (χ0n) is 14.5. The minimum absolute atomic E-state index is 0.297. The zero-order valence-corrected chi connectivity index (χ0v) is 15.3. The molecular weight excluding hydrogens is 384 g/mol. The van der Waals surface area contributed by atoms with Gasteiger partial charge in [0.05, 0.1) is 5.69 Å².